The fourth-order valence-corrected chi connectivity index (χ4v) is 1.09. The van der Waals surface area contributed by atoms with Crippen molar-refractivity contribution in [3.05, 3.63) is 30.3 Å². The van der Waals surface area contributed by atoms with Crippen LogP contribution in [0.5, 0.6) is 0 Å². The van der Waals surface area contributed by atoms with E-state index in [4.69, 9.17) is 4.74 Å². The van der Waals surface area contributed by atoms with Crippen LogP contribution >= 0.6 is 0 Å². The highest BCUT2D eigenvalue weighted by Gasteiger charge is 1.99. The minimum Gasteiger partial charge on any atom is -0.464 e. The van der Waals surface area contributed by atoms with E-state index in [0.717, 1.165) is 5.69 Å². The lowest BCUT2D eigenvalue weighted by Crippen LogP contribution is -2.23. The van der Waals surface area contributed by atoms with Gasteiger partial charge in [-0.05, 0) is 18.2 Å². The van der Waals surface area contributed by atoms with Crippen LogP contribution in [0.1, 0.15) is 6.92 Å². The predicted octanol–water partition coefficient (Wildman–Crippen LogP) is 1.49. The minimum atomic E-state index is -0.236. The summed E-state index contributed by atoms with van der Waals surface area (Å²) in [6.45, 7) is 2.53. The van der Waals surface area contributed by atoms with Crippen molar-refractivity contribution >= 4 is 11.7 Å². The predicted molar refractivity (Wildman–Crippen MR) is 55.2 cm³/mol. The van der Waals surface area contributed by atoms with Gasteiger partial charge in [0, 0.05) is 19.7 Å². The summed E-state index contributed by atoms with van der Waals surface area (Å²) >= 11 is 0. The number of benzene rings is 1. The Bertz CT molecular complexity index is 285. The van der Waals surface area contributed by atoms with Crippen LogP contribution in [0.15, 0.2) is 24.3 Å². The summed E-state index contributed by atoms with van der Waals surface area (Å²) in [6.07, 6.45) is 0. The summed E-state index contributed by atoms with van der Waals surface area (Å²) in [4.78, 5) is 12.5. The summed E-state index contributed by atoms with van der Waals surface area (Å²) in [7, 11) is 1.96. The van der Waals surface area contributed by atoms with Gasteiger partial charge in [-0.1, -0.05) is 12.1 Å². The molecule has 0 bridgehead atoms. The second kappa shape index (κ2) is 5.27. The Kier molecular flexibility index (Phi) is 3.98. The number of carbonyl (C=O) groups excluding carboxylic acids is 1. The molecular formula is C11H14NO2. The average molecular weight is 192 g/mol. The van der Waals surface area contributed by atoms with Crippen LogP contribution in [0.4, 0.5) is 5.69 Å². The van der Waals surface area contributed by atoms with Crippen molar-refractivity contribution in [1.82, 2.24) is 0 Å². The Morgan fingerprint density at radius 2 is 2.14 bits per heavy atom. The number of rotatable bonds is 4. The third-order valence-electron chi connectivity index (χ3n) is 1.87. The second-order valence-corrected chi connectivity index (χ2v) is 3.02. The van der Waals surface area contributed by atoms with Gasteiger partial charge in [-0.15, -0.1) is 0 Å². The molecule has 0 unspecified atom stereocenters. The molecular weight excluding hydrogens is 178 g/mol. The van der Waals surface area contributed by atoms with E-state index in [1.807, 2.05) is 36.2 Å². The first kappa shape index (κ1) is 10.6. The molecule has 14 heavy (non-hydrogen) atoms. The van der Waals surface area contributed by atoms with Crippen LogP contribution < -0.4 is 4.90 Å². The Morgan fingerprint density at radius 3 is 2.71 bits per heavy atom. The third kappa shape index (κ3) is 3.47. The standard InChI is InChI=1S/C11H14NO2/c1-10(13)14-9-8-12(2)11-6-4-3-5-7-11/h4-7H,8-9H2,1-2H3. The van der Waals surface area contributed by atoms with Crippen LogP contribution in [0, 0.1) is 6.07 Å². The van der Waals surface area contributed by atoms with Crippen molar-refractivity contribution in [2.24, 2.45) is 0 Å². The Balaban J connectivity index is 2.36. The molecule has 0 amide bonds. The summed E-state index contributed by atoms with van der Waals surface area (Å²) < 4.78 is 4.85. The van der Waals surface area contributed by atoms with Crippen LogP contribution in [0.3, 0.4) is 0 Å². The number of hydrogen-bond donors (Lipinski definition) is 0. The van der Waals surface area contributed by atoms with E-state index in [-0.39, 0.29) is 5.97 Å². The molecule has 0 aliphatic carbocycles. The van der Waals surface area contributed by atoms with E-state index in [9.17, 15) is 4.79 Å². The van der Waals surface area contributed by atoms with Gasteiger partial charge >= 0.3 is 5.97 Å². The molecule has 1 aromatic carbocycles. The van der Waals surface area contributed by atoms with Gasteiger partial charge in [0.05, 0.1) is 6.54 Å². The highest BCUT2D eigenvalue weighted by molar-refractivity contribution is 5.65. The lowest BCUT2D eigenvalue weighted by molar-refractivity contribution is -0.140. The second-order valence-electron chi connectivity index (χ2n) is 3.02. The Morgan fingerprint density at radius 1 is 1.50 bits per heavy atom. The normalized spacial score (nSPS) is 9.57. The van der Waals surface area contributed by atoms with E-state index in [2.05, 4.69) is 6.07 Å². The molecule has 0 fully saturated rings. The molecule has 0 aliphatic rings. The molecule has 0 atom stereocenters. The lowest BCUT2D eigenvalue weighted by atomic mass is 10.3. The SMILES string of the molecule is CC(=O)OCCN(C)c1cc[c]cc1. The molecule has 0 saturated heterocycles. The molecule has 75 valence electrons. The maximum Gasteiger partial charge on any atom is 0.302 e. The first-order valence-corrected chi connectivity index (χ1v) is 4.51. The van der Waals surface area contributed by atoms with Gasteiger partial charge in [-0.3, -0.25) is 4.79 Å². The summed E-state index contributed by atoms with van der Waals surface area (Å²) in [5.74, 6) is -0.236. The fraction of sp³-hybridized carbons (Fsp3) is 0.364. The molecule has 0 aliphatic heterocycles. The number of likely N-dealkylation sites (N-methyl/N-ethyl adjacent to an activating group) is 1. The maximum atomic E-state index is 10.5. The largest absolute Gasteiger partial charge is 0.464 e. The van der Waals surface area contributed by atoms with Crippen LogP contribution in [0.2, 0.25) is 0 Å². The zero-order valence-corrected chi connectivity index (χ0v) is 8.49. The zero-order valence-electron chi connectivity index (χ0n) is 8.49. The summed E-state index contributed by atoms with van der Waals surface area (Å²) in [5.41, 5.74) is 1.09. The maximum absolute atomic E-state index is 10.5. The molecule has 0 spiro atoms. The number of ether oxygens (including phenoxy) is 1. The first-order chi connectivity index (χ1) is 6.70. The minimum absolute atomic E-state index is 0.236. The van der Waals surface area contributed by atoms with Crippen molar-refractivity contribution in [2.45, 2.75) is 6.92 Å². The topological polar surface area (TPSA) is 29.5 Å². The van der Waals surface area contributed by atoms with E-state index < -0.39 is 0 Å². The molecule has 0 heterocycles. The van der Waals surface area contributed by atoms with Gasteiger partial charge in [0.25, 0.3) is 0 Å². The van der Waals surface area contributed by atoms with E-state index in [0.29, 0.717) is 13.2 Å². The number of anilines is 1. The lowest BCUT2D eigenvalue weighted by Gasteiger charge is -2.18. The van der Waals surface area contributed by atoms with Crippen LogP contribution in [0.25, 0.3) is 0 Å². The van der Waals surface area contributed by atoms with Gasteiger partial charge in [0.1, 0.15) is 6.61 Å². The molecule has 1 rings (SSSR count). The van der Waals surface area contributed by atoms with Gasteiger partial charge < -0.3 is 9.64 Å². The third-order valence-corrected chi connectivity index (χ3v) is 1.87. The van der Waals surface area contributed by atoms with E-state index in [1.165, 1.54) is 6.92 Å². The number of carbonyl (C=O) groups is 1. The van der Waals surface area contributed by atoms with Gasteiger partial charge in [0.2, 0.25) is 0 Å². The number of esters is 1. The number of nitrogens with zero attached hydrogens (tertiary/aromatic N) is 1. The molecule has 1 aromatic rings. The van der Waals surface area contributed by atoms with E-state index in [1.54, 1.807) is 0 Å². The molecule has 0 aromatic heterocycles. The van der Waals surface area contributed by atoms with Crippen molar-refractivity contribution < 1.29 is 9.53 Å². The summed E-state index contributed by atoms with van der Waals surface area (Å²) in [5, 5.41) is 0. The van der Waals surface area contributed by atoms with Crippen LogP contribution in [-0.4, -0.2) is 26.2 Å². The smallest absolute Gasteiger partial charge is 0.302 e. The average Bonchev–Trinajstić information content (AvgIpc) is 2.18. The quantitative estimate of drug-likeness (QED) is 0.677. The molecule has 3 nitrogen and oxygen atoms in total. The van der Waals surface area contributed by atoms with Gasteiger partial charge in [-0.2, -0.15) is 0 Å². The van der Waals surface area contributed by atoms with Crippen molar-refractivity contribution in [1.29, 1.82) is 0 Å². The highest BCUT2D eigenvalue weighted by Crippen LogP contribution is 2.09. The first-order valence-electron chi connectivity index (χ1n) is 4.51. The zero-order chi connectivity index (χ0) is 10.4. The monoisotopic (exact) mass is 192 g/mol. The number of hydrogen-bond acceptors (Lipinski definition) is 3. The van der Waals surface area contributed by atoms with Crippen LogP contribution in [-0.2, 0) is 9.53 Å². The van der Waals surface area contributed by atoms with Crippen molar-refractivity contribution in [2.75, 3.05) is 25.1 Å². The molecule has 0 N–H and O–H groups in total. The van der Waals surface area contributed by atoms with Crippen molar-refractivity contribution in [3.8, 4) is 0 Å². The van der Waals surface area contributed by atoms with E-state index >= 15 is 0 Å². The van der Waals surface area contributed by atoms with Gasteiger partial charge in [0.15, 0.2) is 0 Å². The Labute approximate surface area is 84.3 Å². The van der Waals surface area contributed by atoms with Crippen molar-refractivity contribution in [3.63, 3.8) is 0 Å². The molecule has 3 heteroatoms. The molecule has 1 radical (unpaired) electrons. The summed E-state index contributed by atoms with van der Waals surface area (Å²) in [6, 6.07) is 10.6. The van der Waals surface area contributed by atoms with Gasteiger partial charge in [-0.25, -0.2) is 0 Å². The Hall–Kier alpha value is -1.51. The molecule has 0 saturated carbocycles. The fourth-order valence-electron chi connectivity index (χ4n) is 1.09. The highest BCUT2D eigenvalue weighted by atomic mass is 16.5.